The van der Waals surface area contributed by atoms with Crippen LogP contribution in [-0.2, 0) is 0 Å². The lowest BCUT2D eigenvalue weighted by Crippen LogP contribution is -2.20. The Bertz CT molecular complexity index is 357. The van der Waals surface area contributed by atoms with Crippen molar-refractivity contribution in [3.8, 4) is 11.5 Å². The Morgan fingerprint density at radius 2 is 2.06 bits per heavy atom. The molecule has 0 aromatic rings. The van der Waals surface area contributed by atoms with Crippen molar-refractivity contribution in [2.24, 2.45) is 11.8 Å². The highest BCUT2D eigenvalue weighted by Crippen LogP contribution is 2.32. The summed E-state index contributed by atoms with van der Waals surface area (Å²) in [6.45, 7) is 15.4. The third-order valence-corrected chi connectivity index (χ3v) is 3.89. The van der Waals surface area contributed by atoms with Gasteiger partial charge in [-0.05, 0) is 32.6 Å². The molecule has 1 aliphatic carbocycles. The lowest BCUT2D eigenvalue weighted by molar-refractivity contribution is 0.472. The molecule has 0 N–H and O–H groups in total. The van der Waals surface area contributed by atoms with E-state index in [1.807, 2.05) is 0 Å². The molecule has 0 fully saturated rings. The van der Waals surface area contributed by atoms with Crippen LogP contribution in [-0.4, -0.2) is 8.07 Å². The van der Waals surface area contributed by atoms with Gasteiger partial charge < -0.3 is 0 Å². The molecule has 2 atom stereocenters. The molecular formula is C15H24Si. The Morgan fingerprint density at radius 3 is 2.56 bits per heavy atom. The van der Waals surface area contributed by atoms with Gasteiger partial charge in [-0.25, -0.2) is 0 Å². The first-order valence-corrected chi connectivity index (χ1v) is 9.65. The van der Waals surface area contributed by atoms with Crippen molar-refractivity contribution in [2.45, 2.75) is 46.3 Å². The summed E-state index contributed by atoms with van der Waals surface area (Å²) in [5, 5.41) is 0. The number of rotatable bonds is 1. The van der Waals surface area contributed by atoms with E-state index in [0.717, 1.165) is 0 Å². The molecule has 2 unspecified atom stereocenters. The molecule has 0 nitrogen and oxygen atoms in total. The van der Waals surface area contributed by atoms with Crippen molar-refractivity contribution >= 4 is 8.07 Å². The zero-order valence-electron chi connectivity index (χ0n) is 11.4. The van der Waals surface area contributed by atoms with E-state index < -0.39 is 8.07 Å². The molecule has 0 saturated heterocycles. The van der Waals surface area contributed by atoms with Crippen LogP contribution < -0.4 is 0 Å². The Kier molecular flexibility index (Phi) is 4.21. The van der Waals surface area contributed by atoms with E-state index in [-0.39, 0.29) is 0 Å². The smallest absolute Gasteiger partial charge is 0.129 e. The molecule has 1 aliphatic rings. The van der Waals surface area contributed by atoms with Crippen LogP contribution in [0.1, 0.15) is 26.7 Å². The van der Waals surface area contributed by atoms with Crippen molar-refractivity contribution in [1.29, 1.82) is 0 Å². The first kappa shape index (κ1) is 13.3. The van der Waals surface area contributed by atoms with E-state index in [2.05, 4.69) is 57.6 Å². The molecule has 0 spiro atoms. The molecule has 0 amide bonds. The summed E-state index contributed by atoms with van der Waals surface area (Å²) < 4.78 is 0. The Labute approximate surface area is 102 Å². The molecule has 16 heavy (non-hydrogen) atoms. The van der Waals surface area contributed by atoms with Gasteiger partial charge in [0, 0.05) is 5.92 Å². The normalized spacial score (nSPS) is 25.4. The van der Waals surface area contributed by atoms with Crippen LogP contribution in [0.2, 0.25) is 19.6 Å². The Balaban J connectivity index is 2.91. The monoisotopic (exact) mass is 232 g/mol. The molecule has 88 valence electrons. The molecule has 0 aliphatic heterocycles. The van der Waals surface area contributed by atoms with Crippen LogP contribution >= 0.6 is 0 Å². The highest BCUT2D eigenvalue weighted by atomic mass is 28.3. The van der Waals surface area contributed by atoms with Crippen LogP contribution in [0.3, 0.4) is 0 Å². The molecule has 1 rings (SSSR count). The quantitative estimate of drug-likeness (QED) is 0.357. The minimum atomic E-state index is -1.25. The second-order valence-corrected chi connectivity index (χ2v) is 10.8. The van der Waals surface area contributed by atoms with Crippen molar-refractivity contribution in [2.75, 3.05) is 0 Å². The van der Waals surface area contributed by atoms with Crippen molar-refractivity contribution in [3.05, 3.63) is 23.8 Å². The maximum atomic E-state index is 4.11. The van der Waals surface area contributed by atoms with Gasteiger partial charge >= 0.3 is 0 Å². The van der Waals surface area contributed by atoms with Gasteiger partial charge in [-0.3, -0.25) is 0 Å². The van der Waals surface area contributed by atoms with Crippen molar-refractivity contribution in [1.82, 2.24) is 0 Å². The fourth-order valence-corrected chi connectivity index (χ4v) is 2.66. The second kappa shape index (κ2) is 5.06. The molecule has 0 heterocycles. The van der Waals surface area contributed by atoms with Crippen LogP contribution in [0, 0.1) is 23.3 Å². The van der Waals surface area contributed by atoms with Gasteiger partial charge in [0.25, 0.3) is 0 Å². The van der Waals surface area contributed by atoms with E-state index in [0.29, 0.717) is 11.8 Å². The summed E-state index contributed by atoms with van der Waals surface area (Å²) >= 11 is 0. The molecule has 0 saturated carbocycles. The lowest BCUT2D eigenvalue weighted by atomic mass is 9.78. The Morgan fingerprint density at radius 1 is 1.44 bits per heavy atom. The van der Waals surface area contributed by atoms with Crippen molar-refractivity contribution in [3.63, 3.8) is 0 Å². The zero-order valence-corrected chi connectivity index (χ0v) is 12.4. The predicted molar refractivity (Wildman–Crippen MR) is 75.9 cm³/mol. The van der Waals surface area contributed by atoms with Gasteiger partial charge in [-0.2, -0.15) is 0 Å². The molecular weight excluding hydrogens is 208 g/mol. The van der Waals surface area contributed by atoms with E-state index in [1.165, 1.54) is 24.0 Å². The predicted octanol–water partition coefficient (Wildman–Crippen LogP) is 4.42. The van der Waals surface area contributed by atoms with E-state index in [1.54, 1.807) is 0 Å². The van der Waals surface area contributed by atoms with E-state index in [4.69, 9.17) is 0 Å². The van der Waals surface area contributed by atoms with Gasteiger partial charge in [-0.15, -0.1) is 11.5 Å². The van der Waals surface area contributed by atoms with Gasteiger partial charge in [0.2, 0.25) is 0 Å². The minimum absolute atomic E-state index is 0.415. The van der Waals surface area contributed by atoms with E-state index in [9.17, 15) is 0 Å². The third kappa shape index (κ3) is 4.02. The largest absolute Gasteiger partial charge is 0.131 e. The van der Waals surface area contributed by atoms with Crippen LogP contribution in [0.4, 0.5) is 0 Å². The molecule has 0 radical (unpaired) electrons. The van der Waals surface area contributed by atoms with Gasteiger partial charge in [0.15, 0.2) is 0 Å². The number of hydrogen-bond donors (Lipinski definition) is 0. The van der Waals surface area contributed by atoms with Crippen LogP contribution in [0.15, 0.2) is 23.8 Å². The second-order valence-electron chi connectivity index (χ2n) is 6.05. The highest BCUT2D eigenvalue weighted by Gasteiger charge is 2.22. The van der Waals surface area contributed by atoms with Gasteiger partial charge in [0.05, 0.1) is 0 Å². The average molecular weight is 232 g/mol. The standard InChI is InChI=1S/C15H24Si/c1-12(2)15-8-7-13(3)11-14(15)9-10-16(4,5)6/h11,14-15H,1,7-8H2,2-6H3. The maximum Gasteiger partial charge on any atom is 0.129 e. The maximum absolute atomic E-state index is 4.11. The summed E-state index contributed by atoms with van der Waals surface area (Å²) in [6.07, 6.45) is 4.79. The third-order valence-electron chi connectivity index (χ3n) is 2.99. The minimum Gasteiger partial charge on any atom is -0.131 e. The van der Waals surface area contributed by atoms with Crippen molar-refractivity contribution < 1.29 is 0 Å². The summed E-state index contributed by atoms with van der Waals surface area (Å²) in [7, 11) is -1.25. The molecule has 0 aromatic carbocycles. The first-order chi connectivity index (χ1) is 7.29. The zero-order chi connectivity index (χ0) is 12.3. The summed E-state index contributed by atoms with van der Waals surface area (Å²) in [5.41, 5.74) is 6.28. The average Bonchev–Trinajstić information content (AvgIpc) is 2.13. The summed E-state index contributed by atoms with van der Waals surface area (Å²) in [5.74, 6) is 4.49. The van der Waals surface area contributed by atoms with Gasteiger partial charge in [0.1, 0.15) is 8.07 Å². The fourth-order valence-electron chi connectivity index (χ4n) is 2.06. The topological polar surface area (TPSA) is 0 Å². The summed E-state index contributed by atoms with van der Waals surface area (Å²) in [4.78, 5) is 0. The number of allylic oxidation sites excluding steroid dienone is 3. The number of hydrogen-bond acceptors (Lipinski definition) is 0. The Hall–Kier alpha value is -0.743. The van der Waals surface area contributed by atoms with E-state index >= 15 is 0 Å². The molecule has 0 aromatic heterocycles. The SMILES string of the molecule is C=C(C)C1CCC(C)=CC1C#C[Si](C)(C)C. The lowest BCUT2D eigenvalue weighted by Gasteiger charge is -2.26. The molecule has 1 heteroatoms. The van der Waals surface area contributed by atoms with Gasteiger partial charge in [-0.1, -0.05) is 43.4 Å². The van der Waals surface area contributed by atoms with Crippen LogP contribution in [0.25, 0.3) is 0 Å². The summed E-state index contributed by atoms with van der Waals surface area (Å²) in [6, 6.07) is 0. The fraction of sp³-hybridized carbons (Fsp3) is 0.600. The van der Waals surface area contributed by atoms with Crippen LogP contribution in [0.5, 0.6) is 0 Å². The first-order valence-electron chi connectivity index (χ1n) is 6.15. The molecule has 0 bridgehead atoms. The highest BCUT2D eigenvalue weighted by molar-refractivity contribution is 6.83.